The third kappa shape index (κ3) is 2.54. The van der Waals surface area contributed by atoms with E-state index in [2.05, 4.69) is 0 Å². The lowest BCUT2D eigenvalue weighted by atomic mass is 10.1. The van der Waals surface area contributed by atoms with Crippen LogP contribution in [-0.4, -0.2) is 8.42 Å². The average molecular weight is 199 g/mol. The molecule has 2 N–H and O–H groups in total. The lowest BCUT2D eigenvalue weighted by molar-refractivity contribution is 0.588. The molecule has 0 spiro atoms. The fourth-order valence-electron chi connectivity index (χ4n) is 1.03. The van der Waals surface area contributed by atoms with Gasteiger partial charge >= 0.3 is 0 Å². The minimum absolute atomic E-state index is 0.631. The van der Waals surface area contributed by atoms with Crippen molar-refractivity contribution in [3.63, 3.8) is 0 Å². The number of primary sulfonamides is 1. The Morgan fingerprint density at radius 1 is 1.23 bits per heavy atom. The number of hydrogen-bond acceptors (Lipinski definition) is 2. The van der Waals surface area contributed by atoms with Crippen molar-refractivity contribution in [3.05, 3.63) is 35.4 Å². The predicted molar refractivity (Wildman–Crippen MR) is 52.7 cm³/mol. The maximum atomic E-state index is 11.0. The SMILES string of the molecule is Cc1ccc(C(C)S(N)(=O)=O)cc1. The Morgan fingerprint density at radius 3 is 2.08 bits per heavy atom. The Bertz CT molecular complexity index is 381. The van der Waals surface area contributed by atoms with E-state index in [1.165, 1.54) is 0 Å². The molecule has 13 heavy (non-hydrogen) atoms. The summed E-state index contributed by atoms with van der Waals surface area (Å²) in [5.41, 5.74) is 1.83. The van der Waals surface area contributed by atoms with Gasteiger partial charge in [0.25, 0.3) is 0 Å². The van der Waals surface area contributed by atoms with Gasteiger partial charge in [-0.15, -0.1) is 0 Å². The van der Waals surface area contributed by atoms with Crippen molar-refractivity contribution in [3.8, 4) is 0 Å². The van der Waals surface area contributed by atoms with E-state index in [-0.39, 0.29) is 0 Å². The normalized spacial score (nSPS) is 14.1. The van der Waals surface area contributed by atoms with Gasteiger partial charge in [-0.25, -0.2) is 13.6 Å². The Morgan fingerprint density at radius 2 is 1.69 bits per heavy atom. The molecule has 0 aliphatic carbocycles. The summed E-state index contributed by atoms with van der Waals surface area (Å²) in [6.07, 6.45) is 0. The highest BCUT2D eigenvalue weighted by atomic mass is 32.2. The lowest BCUT2D eigenvalue weighted by Gasteiger charge is -2.08. The standard InChI is InChI=1S/C9H13NO2S/c1-7-3-5-9(6-4-7)8(2)13(10,11)12/h3-6,8H,1-2H3,(H2,10,11,12). The van der Waals surface area contributed by atoms with E-state index in [0.29, 0.717) is 0 Å². The minimum Gasteiger partial charge on any atom is -0.228 e. The van der Waals surface area contributed by atoms with Crippen LogP contribution in [0.1, 0.15) is 23.3 Å². The molecule has 4 heteroatoms. The number of hydrogen-bond donors (Lipinski definition) is 1. The second kappa shape index (κ2) is 3.47. The van der Waals surface area contributed by atoms with Gasteiger partial charge in [-0.2, -0.15) is 0 Å². The molecule has 0 saturated heterocycles. The second-order valence-electron chi connectivity index (χ2n) is 3.14. The van der Waals surface area contributed by atoms with Crippen molar-refractivity contribution in [2.45, 2.75) is 19.1 Å². The van der Waals surface area contributed by atoms with Crippen LogP contribution in [0.3, 0.4) is 0 Å². The molecule has 0 fully saturated rings. The van der Waals surface area contributed by atoms with Gasteiger partial charge in [0.1, 0.15) is 0 Å². The second-order valence-corrected chi connectivity index (χ2v) is 5.03. The summed E-state index contributed by atoms with van der Waals surface area (Å²) in [5.74, 6) is 0. The maximum absolute atomic E-state index is 11.0. The Hall–Kier alpha value is -0.870. The number of rotatable bonds is 2. The molecular formula is C9H13NO2S. The first kappa shape index (κ1) is 10.2. The molecule has 1 rings (SSSR count). The average Bonchev–Trinajstić information content (AvgIpc) is 2.03. The molecule has 0 heterocycles. The summed E-state index contributed by atoms with van der Waals surface area (Å²) in [5, 5.41) is 4.39. The summed E-state index contributed by atoms with van der Waals surface area (Å²) in [4.78, 5) is 0. The fraction of sp³-hybridized carbons (Fsp3) is 0.333. The highest BCUT2D eigenvalue weighted by molar-refractivity contribution is 7.89. The smallest absolute Gasteiger partial charge is 0.215 e. The molecule has 1 aromatic rings. The summed E-state index contributed by atoms with van der Waals surface area (Å²) in [7, 11) is -3.47. The van der Waals surface area contributed by atoms with Crippen molar-refractivity contribution in [2.24, 2.45) is 5.14 Å². The summed E-state index contributed by atoms with van der Waals surface area (Å²) in [6, 6.07) is 7.31. The zero-order chi connectivity index (χ0) is 10.1. The quantitative estimate of drug-likeness (QED) is 0.781. The maximum Gasteiger partial charge on any atom is 0.215 e. The third-order valence-electron chi connectivity index (χ3n) is 2.04. The number of aryl methyl sites for hydroxylation is 1. The molecule has 1 atom stereocenters. The van der Waals surface area contributed by atoms with E-state index in [1.54, 1.807) is 19.1 Å². The molecule has 0 saturated carbocycles. The molecule has 1 aromatic carbocycles. The van der Waals surface area contributed by atoms with Gasteiger partial charge in [-0.1, -0.05) is 29.8 Å². The molecule has 3 nitrogen and oxygen atoms in total. The summed E-state index contributed by atoms with van der Waals surface area (Å²) >= 11 is 0. The molecule has 0 aromatic heterocycles. The summed E-state index contributed by atoms with van der Waals surface area (Å²) < 4.78 is 22.0. The Labute approximate surface area is 78.6 Å². The van der Waals surface area contributed by atoms with Crippen LogP contribution in [0, 0.1) is 6.92 Å². The molecule has 0 radical (unpaired) electrons. The zero-order valence-electron chi connectivity index (χ0n) is 7.69. The highest BCUT2D eigenvalue weighted by Crippen LogP contribution is 2.19. The van der Waals surface area contributed by atoms with Gasteiger partial charge in [0.15, 0.2) is 0 Å². The van der Waals surface area contributed by atoms with Crippen LogP contribution in [0.4, 0.5) is 0 Å². The van der Waals surface area contributed by atoms with Crippen LogP contribution in [-0.2, 0) is 10.0 Å². The van der Waals surface area contributed by atoms with Crippen molar-refractivity contribution in [1.29, 1.82) is 0 Å². The van der Waals surface area contributed by atoms with Crippen LogP contribution in [0.25, 0.3) is 0 Å². The van der Waals surface area contributed by atoms with Crippen LogP contribution < -0.4 is 5.14 Å². The van der Waals surface area contributed by atoms with E-state index in [9.17, 15) is 8.42 Å². The predicted octanol–water partition coefficient (Wildman–Crippen LogP) is 1.34. The molecular weight excluding hydrogens is 186 g/mol. The molecule has 1 unspecified atom stereocenters. The topological polar surface area (TPSA) is 60.2 Å². The van der Waals surface area contributed by atoms with Crippen molar-refractivity contribution >= 4 is 10.0 Å². The highest BCUT2D eigenvalue weighted by Gasteiger charge is 2.16. The van der Waals surface area contributed by atoms with E-state index in [1.807, 2.05) is 19.1 Å². The Kier molecular flexibility index (Phi) is 2.73. The van der Waals surface area contributed by atoms with Crippen LogP contribution in [0.15, 0.2) is 24.3 Å². The van der Waals surface area contributed by atoms with Gasteiger partial charge in [-0.05, 0) is 19.4 Å². The van der Waals surface area contributed by atoms with Crippen molar-refractivity contribution in [2.75, 3.05) is 0 Å². The third-order valence-corrected chi connectivity index (χ3v) is 3.30. The van der Waals surface area contributed by atoms with Crippen molar-refractivity contribution in [1.82, 2.24) is 0 Å². The fourth-order valence-corrected chi connectivity index (χ4v) is 1.56. The molecule has 0 aliphatic heterocycles. The Balaban J connectivity index is 3.04. The number of benzene rings is 1. The lowest BCUT2D eigenvalue weighted by Crippen LogP contribution is -2.19. The van der Waals surface area contributed by atoms with E-state index >= 15 is 0 Å². The first-order chi connectivity index (χ1) is 5.91. The largest absolute Gasteiger partial charge is 0.228 e. The van der Waals surface area contributed by atoms with Crippen LogP contribution >= 0.6 is 0 Å². The number of sulfonamides is 1. The molecule has 72 valence electrons. The number of nitrogens with two attached hydrogens (primary N) is 1. The van der Waals surface area contributed by atoms with Gasteiger partial charge in [0, 0.05) is 0 Å². The van der Waals surface area contributed by atoms with Gasteiger partial charge in [-0.3, -0.25) is 0 Å². The minimum atomic E-state index is -3.47. The molecule has 0 aliphatic rings. The van der Waals surface area contributed by atoms with E-state index in [4.69, 9.17) is 5.14 Å². The molecule has 0 bridgehead atoms. The van der Waals surface area contributed by atoms with Crippen LogP contribution in [0.2, 0.25) is 0 Å². The monoisotopic (exact) mass is 199 g/mol. The zero-order valence-corrected chi connectivity index (χ0v) is 8.51. The van der Waals surface area contributed by atoms with Crippen molar-refractivity contribution < 1.29 is 8.42 Å². The van der Waals surface area contributed by atoms with E-state index in [0.717, 1.165) is 11.1 Å². The first-order valence-corrected chi connectivity index (χ1v) is 5.60. The van der Waals surface area contributed by atoms with E-state index < -0.39 is 15.3 Å². The first-order valence-electron chi connectivity index (χ1n) is 3.99. The molecule has 0 amide bonds. The van der Waals surface area contributed by atoms with Gasteiger partial charge < -0.3 is 0 Å². The van der Waals surface area contributed by atoms with Gasteiger partial charge in [0.05, 0.1) is 5.25 Å². The van der Waals surface area contributed by atoms with Crippen LogP contribution in [0.5, 0.6) is 0 Å². The van der Waals surface area contributed by atoms with Gasteiger partial charge in [0.2, 0.25) is 10.0 Å². The summed E-state index contributed by atoms with van der Waals surface area (Å²) in [6.45, 7) is 3.53.